The summed E-state index contributed by atoms with van der Waals surface area (Å²) in [6.07, 6.45) is 0.695. The van der Waals surface area contributed by atoms with Crippen molar-refractivity contribution in [1.29, 1.82) is 0 Å². The van der Waals surface area contributed by atoms with Gasteiger partial charge >= 0.3 is 6.18 Å². The molecule has 4 aromatic rings. The zero-order valence-electron chi connectivity index (χ0n) is 24.3. The van der Waals surface area contributed by atoms with Crippen molar-refractivity contribution in [2.75, 3.05) is 39.2 Å². The first-order valence-electron chi connectivity index (χ1n) is 13.7. The number of aryl methyl sites for hydroxylation is 1. The Morgan fingerprint density at radius 1 is 1.11 bits per heavy atom. The standard InChI is InChI=1S/C30H30F3N7O4/c1-37(2)28(42)19-5-7-20(8-6-19)39-15-11-22-25(29(39)43)40(36-26(22)30(31,32)33)24-10-9-21(44-3)17-23(24)27(41)35-12-4-14-38-16-13-34-18-38/h5-10,13,16-18H,4,11-12,14-15H2,1-3H3,(H,35,41). The molecule has 0 bridgehead atoms. The van der Waals surface area contributed by atoms with Crippen LogP contribution in [0.3, 0.4) is 0 Å². The lowest BCUT2D eigenvalue weighted by atomic mass is 10.0. The highest BCUT2D eigenvalue weighted by Gasteiger charge is 2.43. The molecule has 5 rings (SSSR count). The van der Waals surface area contributed by atoms with Gasteiger partial charge in [-0.3, -0.25) is 14.4 Å². The van der Waals surface area contributed by atoms with Gasteiger partial charge in [-0.2, -0.15) is 18.3 Å². The van der Waals surface area contributed by atoms with E-state index in [1.165, 1.54) is 35.1 Å². The molecule has 2 aromatic heterocycles. The van der Waals surface area contributed by atoms with Crippen LogP contribution in [0.25, 0.3) is 5.69 Å². The van der Waals surface area contributed by atoms with Crippen LogP contribution in [0, 0.1) is 0 Å². The summed E-state index contributed by atoms with van der Waals surface area (Å²) < 4.78 is 50.6. The van der Waals surface area contributed by atoms with E-state index in [1.807, 2.05) is 4.57 Å². The Balaban J connectivity index is 1.51. The quantitative estimate of drug-likeness (QED) is 0.289. The molecular weight excluding hydrogens is 579 g/mol. The SMILES string of the molecule is COc1ccc(-n2nc(C(F)(F)F)c3c2C(=O)N(c2ccc(C(=O)N(C)C)cc2)CC3)c(C(=O)NCCCn2ccnc2)c1. The Morgan fingerprint density at radius 2 is 1.86 bits per heavy atom. The van der Waals surface area contributed by atoms with E-state index in [0.717, 1.165) is 4.68 Å². The minimum Gasteiger partial charge on any atom is -0.497 e. The number of rotatable bonds is 9. The third kappa shape index (κ3) is 6.00. The number of anilines is 1. The van der Waals surface area contributed by atoms with Crippen molar-refractivity contribution >= 4 is 23.4 Å². The molecule has 0 atom stereocenters. The second-order valence-corrected chi connectivity index (χ2v) is 10.3. The molecule has 44 heavy (non-hydrogen) atoms. The fraction of sp³-hybridized carbons (Fsp3) is 0.300. The lowest BCUT2D eigenvalue weighted by Gasteiger charge is -2.28. The number of carbonyl (C=O) groups is 3. The summed E-state index contributed by atoms with van der Waals surface area (Å²) in [5.74, 6) is -1.22. The number of ether oxygens (including phenoxy) is 1. The van der Waals surface area contributed by atoms with Crippen molar-refractivity contribution in [3.8, 4) is 11.4 Å². The highest BCUT2D eigenvalue weighted by atomic mass is 19.4. The number of nitrogens with one attached hydrogen (secondary N) is 1. The van der Waals surface area contributed by atoms with Crippen molar-refractivity contribution in [3.63, 3.8) is 0 Å². The van der Waals surface area contributed by atoms with Crippen LogP contribution in [0.5, 0.6) is 5.75 Å². The number of halogens is 3. The smallest absolute Gasteiger partial charge is 0.435 e. The summed E-state index contributed by atoms with van der Waals surface area (Å²) in [7, 11) is 4.62. The number of imidazole rings is 1. The summed E-state index contributed by atoms with van der Waals surface area (Å²) in [6, 6.07) is 10.5. The van der Waals surface area contributed by atoms with Gasteiger partial charge in [0.15, 0.2) is 5.69 Å². The van der Waals surface area contributed by atoms with E-state index in [9.17, 15) is 27.6 Å². The van der Waals surface area contributed by atoms with Crippen molar-refractivity contribution in [2.45, 2.75) is 25.6 Å². The fourth-order valence-electron chi connectivity index (χ4n) is 5.04. The van der Waals surface area contributed by atoms with Crippen molar-refractivity contribution in [3.05, 3.63) is 89.3 Å². The van der Waals surface area contributed by atoms with Gasteiger partial charge in [-0.05, 0) is 55.3 Å². The topological polar surface area (TPSA) is 115 Å². The van der Waals surface area contributed by atoms with Gasteiger partial charge in [0.05, 0.1) is 24.7 Å². The molecule has 1 N–H and O–H groups in total. The zero-order chi connectivity index (χ0) is 31.6. The molecule has 230 valence electrons. The van der Waals surface area contributed by atoms with Crippen LogP contribution in [0.2, 0.25) is 0 Å². The number of aromatic nitrogens is 4. The van der Waals surface area contributed by atoms with Gasteiger partial charge in [-0.15, -0.1) is 0 Å². The third-order valence-electron chi connectivity index (χ3n) is 7.23. The molecule has 3 amide bonds. The minimum atomic E-state index is -4.84. The van der Waals surface area contributed by atoms with Crippen LogP contribution >= 0.6 is 0 Å². The number of methoxy groups -OCH3 is 1. The zero-order valence-corrected chi connectivity index (χ0v) is 24.3. The lowest BCUT2D eigenvalue weighted by Crippen LogP contribution is -2.39. The maximum atomic E-state index is 14.2. The van der Waals surface area contributed by atoms with Gasteiger partial charge in [-0.1, -0.05) is 0 Å². The minimum absolute atomic E-state index is 0.00760. The Labute approximate surface area is 250 Å². The van der Waals surface area contributed by atoms with Crippen LogP contribution in [0.4, 0.5) is 18.9 Å². The molecule has 1 aliphatic rings. The Morgan fingerprint density at radius 3 is 2.50 bits per heavy atom. The highest BCUT2D eigenvalue weighted by Crippen LogP contribution is 2.38. The van der Waals surface area contributed by atoms with E-state index in [4.69, 9.17) is 4.74 Å². The van der Waals surface area contributed by atoms with Gasteiger partial charge < -0.3 is 24.4 Å². The lowest BCUT2D eigenvalue weighted by molar-refractivity contribution is -0.141. The number of nitrogens with zero attached hydrogens (tertiary/aromatic N) is 6. The van der Waals surface area contributed by atoms with Gasteiger partial charge in [0.25, 0.3) is 17.7 Å². The highest BCUT2D eigenvalue weighted by molar-refractivity contribution is 6.08. The number of hydrogen-bond donors (Lipinski definition) is 1. The second-order valence-electron chi connectivity index (χ2n) is 10.3. The molecule has 0 saturated carbocycles. The van der Waals surface area contributed by atoms with Gasteiger partial charge in [0.2, 0.25) is 0 Å². The van der Waals surface area contributed by atoms with Crippen LogP contribution < -0.4 is 15.0 Å². The number of hydrogen-bond acceptors (Lipinski definition) is 6. The first-order valence-corrected chi connectivity index (χ1v) is 13.7. The summed E-state index contributed by atoms with van der Waals surface area (Å²) in [5.41, 5.74) is -0.948. The molecule has 14 heteroatoms. The molecule has 0 radical (unpaired) electrons. The molecule has 3 heterocycles. The molecule has 0 spiro atoms. The molecule has 1 aliphatic heterocycles. The van der Waals surface area contributed by atoms with Gasteiger partial charge in [0, 0.05) is 62.9 Å². The first-order chi connectivity index (χ1) is 21.0. The maximum Gasteiger partial charge on any atom is 0.435 e. The largest absolute Gasteiger partial charge is 0.497 e. The number of amides is 3. The van der Waals surface area contributed by atoms with E-state index >= 15 is 0 Å². The average Bonchev–Trinajstić information content (AvgIpc) is 3.67. The van der Waals surface area contributed by atoms with E-state index in [2.05, 4.69) is 15.4 Å². The third-order valence-corrected chi connectivity index (χ3v) is 7.23. The summed E-state index contributed by atoms with van der Waals surface area (Å²) >= 11 is 0. The summed E-state index contributed by atoms with van der Waals surface area (Å²) in [4.78, 5) is 46.3. The molecule has 0 aliphatic carbocycles. The fourth-order valence-corrected chi connectivity index (χ4v) is 5.04. The molecule has 2 aromatic carbocycles. The molecule has 11 nitrogen and oxygen atoms in total. The molecule has 0 unspecified atom stereocenters. The van der Waals surface area contributed by atoms with Crippen LogP contribution in [-0.4, -0.2) is 76.2 Å². The van der Waals surface area contributed by atoms with Gasteiger partial charge in [0.1, 0.15) is 11.4 Å². The molecular formula is C30H30F3N7O4. The van der Waals surface area contributed by atoms with Crippen LogP contribution in [-0.2, 0) is 19.1 Å². The van der Waals surface area contributed by atoms with Crippen molar-refractivity contribution in [1.82, 2.24) is 29.5 Å². The predicted molar refractivity (Wildman–Crippen MR) is 154 cm³/mol. The van der Waals surface area contributed by atoms with Crippen LogP contribution in [0.15, 0.2) is 61.2 Å². The summed E-state index contributed by atoms with van der Waals surface area (Å²) in [5, 5.41) is 6.65. The second kappa shape index (κ2) is 12.2. The number of alkyl halides is 3. The molecule has 0 fully saturated rings. The summed E-state index contributed by atoms with van der Waals surface area (Å²) in [6.45, 7) is 0.841. The Hall–Kier alpha value is -5.14. The number of carbonyl (C=O) groups excluding carboxylic acids is 3. The van der Waals surface area contributed by atoms with Crippen molar-refractivity contribution < 1.29 is 32.3 Å². The normalized spacial score (nSPS) is 13.0. The average molecular weight is 610 g/mol. The van der Waals surface area contributed by atoms with E-state index < -0.39 is 23.7 Å². The monoisotopic (exact) mass is 609 g/mol. The van der Waals surface area contributed by atoms with E-state index in [1.54, 1.807) is 57.1 Å². The maximum absolute atomic E-state index is 14.2. The molecule has 0 saturated heterocycles. The number of fused-ring (bicyclic) bond motifs is 1. The number of benzene rings is 2. The van der Waals surface area contributed by atoms with Crippen LogP contribution in [0.1, 0.15) is 48.9 Å². The predicted octanol–water partition coefficient (Wildman–Crippen LogP) is 3.82. The Bertz CT molecular complexity index is 1680. The van der Waals surface area contributed by atoms with Crippen molar-refractivity contribution in [2.24, 2.45) is 0 Å². The van der Waals surface area contributed by atoms with E-state index in [-0.39, 0.29) is 47.9 Å². The first kappa shape index (κ1) is 30.3. The van der Waals surface area contributed by atoms with Gasteiger partial charge in [-0.25, -0.2) is 9.67 Å². The Kier molecular flexibility index (Phi) is 8.43. The van der Waals surface area contributed by atoms with E-state index in [0.29, 0.717) is 30.0 Å².